The lowest BCUT2D eigenvalue weighted by molar-refractivity contribution is -0.148. The van der Waals surface area contributed by atoms with Crippen molar-refractivity contribution in [3.8, 4) is 0 Å². The molecule has 1 aromatic carbocycles. The Kier molecular flexibility index (Phi) is 6.92. The molecule has 0 aliphatic rings. The van der Waals surface area contributed by atoms with E-state index in [1.165, 1.54) is 18.4 Å². The van der Waals surface area contributed by atoms with Crippen LogP contribution in [-0.4, -0.2) is 30.2 Å². The first-order valence-corrected chi connectivity index (χ1v) is 7.90. The Morgan fingerprint density at radius 2 is 1.73 bits per heavy atom. The Labute approximate surface area is 153 Å². The fourth-order valence-electron chi connectivity index (χ4n) is 1.85. The summed E-state index contributed by atoms with van der Waals surface area (Å²) in [4.78, 5) is 46.5. The van der Waals surface area contributed by atoms with Gasteiger partial charge in [-0.2, -0.15) is 0 Å². The van der Waals surface area contributed by atoms with E-state index in [0.29, 0.717) is 10.6 Å². The van der Waals surface area contributed by atoms with Gasteiger partial charge in [-0.25, -0.2) is 0 Å². The van der Waals surface area contributed by atoms with Gasteiger partial charge in [0.2, 0.25) is 0 Å². The lowest BCUT2D eigenvalue weighted by atomic mass is 10.1. The summed E-state index contributed by atoms with van der Waals surface area (Å²) in [6.45, 7) is -0.591. The van der Waals surface area contributed by atoms with Gasteiger partial charge in [0.1, 0.15) is 0 Å². The van der Waals surface area contributed by atoms with Crippen LogP contribution in [0.5, 0.6) is 0 Å². The standard InChI is InChI=1S/C17H15ClN2O6/c18-12-5-3-11(4-6-12)13(21)7-8-16(23)26-10-15(22)19-20-17(24)14-2-1-9-25-14/h1-6,9H,7-8,10H2,(H,19,22)(H,20,24). The smallest absolute Gasteiger partial charge is 0.306 e. The van der Waals surface area contributed by atoms with Gasteiger partial charge in [-0.05, 0) is 36.4 Å². The highest BCUT2D eigenvalue weighted by Crippen LogP contribution is 2.12. The van der Waals surface area contributed by atoms with Crippen LogP contribution in [0.15, 0.2) is 47.1 Å². The summed E-state index contributed by atoms with van der Waals surface area (Å²) < 4.78 is 9.57. The zero-order valence-corrected chi connectivity index (χ0v) is 14.2. The molecule has 2 amide bonds. The number of rotatable bonds is 7. The summed E-state index contributed by atoms with van der Waals surface area (Å²) in [5.41, 5.74) is 4.59. The van der Waals surface area contributed by atoms with E-state index in [4.69, 9.17) is 20.8 Å². The number of ketones is 1. The first-order chi connectivity index (χ1) is 12.5. The zero-order chi connectivity index (χ0) is 18.9. The Balaban J connectivity index is 1.64. The molecular weight excluding hydrogens is 364 g/mol. The van der Waals surface area contributed by atoms with Crippen LogP contribution in [0.1, 0.15) is 33.8 Å². The number of hydrogen-bond acceptors (Lipinski definition) is 6. The normalized spacial score (nSPS) is 10.0. The van der Waals surface area contributed by atoms with Crippen molar-refractivity contribution in [1.29, 1.82) is 0 Å². The van der Waals surface area contributed by atoms with Crippen LogP contribution in [0.3, 0.4) is 0 Å². The topological polar surface area (TPSA) is 115 Å². The summed E-state index contributed by atoms with van der Waals surface area (Å²) in [6, 6.07) is 9.21. The van der Waals surface area contributed by atoms with Gasteiger partial charge in [-0.15, -0.1) is 0 Å². The van der Waals surface area contributed by atoms with Crippen molar-refractivity contribution in [2.45, 2.75) is 12.8 Å². The number of hydrogen-bond donors (Lipinski definition) is 2. The number of carbonyl (C=O) groups is 4. The summed E-state index contributed by atoms with van der Waals surface area (Å²) in [5, 5.41) is 0.506. The summed E-state index contributed by atoms with van der Waals surface area (Å²) in [7, 11) is 0. The van der Waals surface area contributed by atoms with E-state index in [2.05, 4.69) is 10.9 Å². The molecule has 1 heterocycles. The van der Waals surface area contributed by atoms with E-state index < -0.39 is 24.4 Å². The average Bonchev–Trinajstić information content (AvgIpc) is 3.17. The number of Topliss-reactive ketones (excluding diaryl/α,β-unsaturated/α-hetero) is 1. The van der Waals surface area contributed by atoms with Crippen LogP contribution < -0.4 is 10.9 Å². The molecule has 2 rings (SSSR count). The highest BCUT2D eigenvalue weighted by atomic mass is 35.5. The van der Waals surface area contributed by atoms with Crippen molar-refractivity contribution in [3.63, 3.8) is 0 Å². The van der Waals surface area contributed by atoms with Crippen molar-refractivity contribution in [1.82, 2.24) is 10.9 Å². The van der Waals surface area contributed by atoms with E-state index in [0.717, 1.165) is 0 Å². The zero-order valence-electron chi connectivity index (χ0n) is 13.5. The molecule has 0 radical (unpaired) electrons. The van der Waals surface area contributed by atoms with E-state index in [-0.39, 0.29) is 24.4 Å². The third kappa shape index (κ3) is 6.06. The van der Waals surface area contributed by atoms with Crippen molar-refractivity contribution in [2.75, 3.05) is 6.61 Å². The lowest BCUT2D eigenvalue weighted by Crippen LogP contribution is -2.43. The predicted octanol–water partition coefficient (Wildman–Crippen LogP) is 1.90. The van der Waals surface area contributed by atoms with Crippen molar-refractivity contribution >= 4 is 35.2 Å². The second-order valence-corrected chi connectivity index (χ2v) is 5.51. The maximum Gasteiger partial charge on any atom is 0.306 e. The number of halogens is 1. The highest BCUT2D eigenvalue weighted by molar-refractivity contribution is 6.30. The predicted molar refractivity (Wildman–Crippen MR) is 90.3 cm³/mol. The van der Waals surface area contributed by atoms with Gasteiger partial charge in [0, 0.05) is 17.0 Å². The Bertz CT molecular complexity index is 786. The van der Waals surface area contributed by atoms with E-state index >= 15 is 0 Å². The first kappa shape index (κ1) is 19.2. The van der Waals surface area contributed by atoms with Crippen molar-refractivity contribution < 1.29 is 28.3 Å². The second-order valence-electron chi connectivity index (χ2n) is 5.07. The summed E-state index contributed by atoms with van der Waals surface area (Å²) in [6.07, 6.45) is 1.08. The molecule has 0 saturated carbocycles. The number of ether oxygens (including phenoxy) is 1. The Hall–Kier alpha value is -3.13. The van der Waals surface area contributed by atoms with E-state index in [1.54, 1.807) is 24.3 Å². The fourth-order valence-corrected chi connectivity index (χ4v) is 1.97. The second kappa shape index (κ2) is 9.38. The molecule has 0 spiro atoms. The fraction of sp³-hybridized carbons (Fsp3) is 0.176. The van der Waals surface area contributed by atoms with Gasteiger partial charge in [0.05, 0.1) is 12.7 Å². The van der Waals surface area contributed by atoms with Crippen molar-refractivity contribution in [3.05, 3.63) is 59.0 Å². The highest BCUT2D eigenvalue weighted by Gasteiger charge is 2.13. The molecule has 26 heavy (non-hydrogen) atoms. The van der Waals surface area contributed by atoms with Crippen LogP contribution in [0.25, 0.3) is 0 Å². The van der Waals surface area contributed by atoms with Gasteiger partial charge in [-0.3, -0.25) is 30.0 Å². The minimum atomic E-state index is -0.734. The summed E-state index contributed by atoms with van der Waals surface area (Å²) in [5.74, 6) is -2.32. The largest absolute Gasteiger partial charge is 0.459 e. The third-order valence-electron chi connectivity index (χ3n) is 3.15. The number of esters is 1. The number of furan rings is 1. The molecule has 2 aromatic rings. The molecule has 136 valence electrons. The molecule has 0 bridgehead atoms. The van der Waals surface area contributed by atoms with Gasteiger partial charge in [0.15, 0.2) is 18.2 Å². The average molecular weight is 379 g/mol. The molecule has 9 heteroatoms. The molecule has 0 atom stereocenters. The minimum absolute atomic E-state index is 0.0167. The van der Waals surface area contributed by atoms with Crippen LogP contribution in [-0.2, 0) is 14.3 Å². The summed E-state index contributed by atoms with van der Waals surface area (Å²) >= 11 is 5.73. The number of amides is 2. The minimum Gasteiger partial charge on any atom is -0.459 e. The van der Waals surface area contributed by atoms with Gasteiger partial charge in [0.25, 0.3) is 5.91 Å². The van der Waals surface area contributed by atoms with Gasteiger partial charge in [-0.1, -0.05) is 11.6 Å². The van der Waals surface area contributed by atoms with Crippen molar-refractivity contribution in [2.24, 2.45) is 0 Å². The van der Waals surface area contributed by atoms with Gasteiger partial charge >= 0.3 is 11.9 Å². The maximum atomic E-state index is 11.9. The monoisotopic (exact) mass is 378 g/mol. The van der Waals surface area contributed by atoms with Crippen LogP contribution in [0.2, 0.25) is 5.02 Å². The molecule has 0 aliphatic heterocycles. The Morgan fingerprint density at radius 1 is 1.00 bits per heavy atom. The molecule has 0 aliphatic carbocycles. The van der Waals surface area contributed by atoms with Crippen LogP contribution in [0.4, 0.5) is 0 Å². The molecule has 8 nitrogen and oxygen atoms in total. The number of hydrazine groups is 1. The molecule has 0 saturated heterocycles. The molecule has 0 unspecified atom stereocenters. The van der Waals surface area contributed by atoms with E-state index in [1.807, 2.05) is 0 Å². The first-order valence-electron chi connectivity index (χ1n) is 7.53. The van der Waals surface area contributed by atoms with Crippen LogP contribution in [0, 0.1) is 0 Å². The molecule has 0 fully saturated rings. The van der Waals surface area contributed by atoms with Gasteiger partial charge < -0.3 is 9.15 Å². The molecule has 1 aromatic heterocycles. The number of nitrogens with one attached hydrogen (secondary N) is 2. The molecule has 2 N–H and O–H groups in total. The van der Waals surface area contributed by atoms with Crippen LogP contribution >= 0.6 is 11.6 Å². The lowest BCUT2D eigenvalue weighted by Gasteiger charge is -2.07. The quantitative estimate of drug-likeness (QED) is 0.432. The Morgan fingerprint density at radius 3 is 2.38 bits per heavy atom. The maximum absolute atomic E-state index is 11.9. The number of benzene rings is 1. The SMILES string of the molecule is O=C(COC(=O)CCC(=O)c1ccc(Cl)cc1)NNC(=O)c1ccco1. The van der Waals surface area contributed by atoms with E-state index in [9.17, 15) is 19.2 Å². The third-order valence-corrected chi connectivity index (χ3v) is 3.40. The molecular formula is C17H15ClN2O6. The number of carbonyl (C=O) groups excluding carboxylic acids is 4.